The molecular weight excluding hydrogens is 412 g/mol. The molecule has 3 aromatic rings. The first-order chi connectivity index (χ1) is 15.0. The van der Waals surface area contributed by atoms with Crippen molar-refractivity contribution in [3.05, 3.63) is 77.1 Å². The van der Waals surface area contributed by atoms with Gasteiger partial charge in [0, 0.05) is 23.8 Å². The summed E-state index contributed by atoms with van der Waals surface area (Å²) in [4.78, 5) is 33.7. The summed E-state index contributed by atoms with van der Waals surface area (Å²) in [6, 6.07) is 15.3. The Morgan fingerprint density at radius 3 is 2.48 bits per heavy atom. The van der Waals surface area contributed by atoms with Crippen molar-refractivity contribution in [3.63, 3.8) is 0 Å². The van der Waals surface area contributed by atoms with Crippen LogP contribution in [-0.2, 0) is 6.54 Å². The minimum atomic E-state index is -0.390. The Morgan fingerprint density at radius 1 is 1.06 bits per heavy atom. The molecule has 1 aromatic heterocycles. The molecule has 2 aromatic carbocycles. The number of anilines is 1. The number of aromatic nitrogens is 2. The van der Waals surface area contributed by atoms with Crippen LogP contribution in [0.5, 0.6) is 5.75 Å². The summed E-state index contributed by atoms with van der Waals surface area (Å²) >= 11 is 1.43. The first kappa shape index (κ1) is 20.9. The molecule has 1 aliphatic rings. The predicted octanol–water partition coefficient (Wildman–Crippen LogP) is 3.96. The lowest BCUT2D eigenvalue weighted by molar-refractivity contribution is 0.0944. The van der Waals surface area contributed by atoms with E-state index in [4.69, 9.17) is 0 Å². The number of nitrogens with one attached hydrogen (secondary N) is 2. The fraction of sp³-hybridized carbons (Fsp3) is 0.217. The summed E-state index contributed by atoms with van der Waals surface area (Å²) in [5.41, 5.74) is 3.01. The van der Waals surface area contributed by atoms with E-state index in [0.29, 0.717) is 29.0 Å². The smallest absolute Gasteiger partial charge is 0.270 e. The molecule has 0 atom stereocenters. The predicted molar refractivity (Wildman–Crippen MR) is 119 cm³/mol. The summed E-state index contributed by atoms with van der Waals surface area (Å²) in [7, 11) is 0. The van der Waals surface area contributed by atoms with Crippen molar-refractivity contribution in [1.29, 1.82) is 0 Å². The normalized spacial score (nSPS) is 12.9. The van der Waals surface area contributed by atoms with Crippen LogP contribution < -0.4 is 10.6 Å². The van der Waals surface area contributed by atoms with Crippen LogP contribution in [0.2, 0.25) is 0 Å². The first-order valence-corrected chi connectivity index (χ1v) is 11.2. The SMILES string of the molecule is CSc1nc(C(=O)NCc2ccc(NC(=O)c3ccccc3O)cc2)cc(C2CC2)n1. The lowest BCUT2D eigenvalue weighted by Gasteiger charge is -2.09. The van der Waals surface area contributed by atoms with Crippen LogP contribution in [0.25, 0.3) is 0 Å². The van der Waals surface area contributed by atoms with E-state index in [0.717, 1.165) is 24.1 Å². The maximum atomic E-state index is 12.6. The number of phenolic OH excluding ortho intramolecular Hbond substituents is 1. The van der Waals surface area contributed by atoms with Crippen LogP contribution in [-0.4, -0.2) is 33.1 Å². The molecule has 31 heavy (non-hydrogen) atoms. The molecule has 158 valence electrons. The molecule has 0 unspecified atom stereocenters. The van der Waals surface area contributed by atoms with Crippen molar-refractivity contribution in [2.75, 3.05) is 11.6 Å². The minimum Gasteiger partial charge on any atom is -0.507 e. The lowest BCUT2D eigenvalue weighted by atomic mass is 10.1. The van der Waals surface area contributed by atoms with Gasteiger partial charge in [-0.15, -0.1) is 0 Å². The molecule has 0 bridgehead atoms. The molecule has 3 N–H and O–H groups in total. The Bertz CT molecular complexity index is 1110. The largest absolute Gasteiger partial charge is 0.507 e. The number of amides is 2. The second kappa shape index (κ2) is 9.18. The number of nitrogens with zero attached hydrogens (tertiary/aromatic N) is 2. The lowest BCUT2D eigenvalue weighted by Crippen LogP contribution is -2.24. The molecular formula is C23H22N4O3S. The van der Waals surface area contributed by atoms with E-state index in [1.807, 2.05) is 18.4 Å². The van der Waals surface area contributed by atoms with Crippen LogP contribution in [0.3, 0.4) is 0 Å². The van der Waals surface area contributed by atoms with Crippen molar-refractivity contribution >= 4 is 29.3 Å². The van der Waals surface area contributed by atoms with Gasteiger partial charge in [-0.05, 0) is 55.0 Å². The number of hydrogen-bond donors (Lipinski definition) is 3. The first-order valence-electron chi connectivity index (χ1n) is 9.93. The molecule has 1 saturated carbocycles. The average Bonchev–Trinajstić information content (AvgIpc) is 3.64. The molecule has 0 saturated heterocycles. The highest BCUT2D eigenvalue weighted by Crippen LogP contribution is 2.39. The van der Waals surface area contributed by atoms with E-state index in [9.17, 15) is 14.7 Å². The summed E-state index contributed by atoms with van der Waals surface area (Å²) in [5.74, 6) is -0.255. The number of para-hydroxylation sites is 1. The van der Waals surface area contributed by atoms with E-state index in [-0.39, 0.29) is 23.1 Å². The van der Waals surface area contributed by atoms with Crippen molar-refractivity contribution in [3.8, 4) is 5.75 Å². The zero-order valence-electron chi connectivity index (χ0n) is 17.0. The summed E-state index contributed by atoms with van der Waals surface area (Å²) in [5, 5.41) is 16.0. The van der Waals surface area contributed by atoms with E-state index >= 15 is 0 Å². The molecule has 0 radical (unpaired) electrons. The van der Waals surface area contributed by atoms with E-state index in [1.165, 1.54) is 17.8 Å². The van der Waals surface area contributed by atoms with E-state index in [2.05, 4.69) is 20.6 Å². The zero-order chi connectivity index (χ0) is 21.8. The average molecular weight is 435 g/mol. The third-order valence-electron chi connectivity index (χ3n) is 4.95. The van der Waals surface area contributed by atoms with E-state index < -0.39 is 0 Å². The molecule has 0 spiro atoms. The van der Waals surface area contributed by atoms with Crippen LogP contribution in [0.1, 0.15) is 50.9 Å². The van der Waals surface area contributed by atoms with Crippen LogP contribution in [0.15, 0.2) is 59.8 Å². The summed E-state index contributed by atoms with van der Waals surface area (Å²) in [6.07, 6.45) is 4.12. The molecule has 1 fully saturated rings. The Kier molecular flexibility index (Phi) is 6.18. The molecule has 4 rings (SSSR count). The van der Waals surface area contributed by atoms with Gasteiger partial charge in [0.05, 0.1) is 5.56 Å². The Morgan fingerprint density at radius 2 is 1.81 bits per heavy atom. The summed E-state index contributed by atoms with van der Waals surface area (Å²) < 4.78 is 0. The Labute approximate surface area is 184 Å². The maximum Gasteiger partial charge on any atom is 0.270 e. The van der Waals surface area contributed by atoms with Gasteiger partial charge < -0.3 is 15.7 Å². The van der Waals surface area contributed by atoms with Gasteiger partial charge in [-0.3, -0.25) is 9.59 Å². The van der Waals surface area contributed by atoms with Gasteiger partial charge in [-0.25, -0.2) is 9.97 Å². The second-order valence-electron chi connectivity index (χ2n) is 7.29. The van der Waals surface area contributed by atoms with Crippen molar-refractivity contribution < 1.29 is 14.7 Å². The number of hydrogen-bond acceptors (Lipinski definition) is 6. The molecule has 7 nitrogen and oxygen atoms in total. The van der Waals surface area contributed by atoms with Gasteiger partial charge in [0.2, 0.25) is 0 Å². The zero-order valence-corrected chi connectivity index (χ0v) is 17.8. The molecule has 8 heteroatoms. The fourth-order valence-electron chi connectivity index (χ4n) is 3.08. The van der Waals surface area contributed by atoms with Gasteiger partial charge in [-0.1, -0.05) is 36.0 Å². The minimum absolute atomic E-state index is 0.0708. The molecule has 2 amide bonds. The number of aromatic hydroxyl groups is 1. The third kappa shape index (κ3) is 5.21. The summed E-state index contributed by atoms with van der Waals surface area (Å²) in [6.45, 7) is 0.337. The van der Waals surface area contributed by atoms with Crippen LogP contribution in [0, 0.1) is 0 Å². The topological polar surface area (TPSA) is 104 Å². The van der Waals surface area contributed by atoms with Crippen molar-refractivity contribution in [1.82, 2.24) is 15.3 Å². The number of phenols is 1. The van der Waals surface area contributed by atoms with Gasteiger partial charge in [0.1, 0.15) is 11.4 Å². The standard InChI is InChI=1S/C23H22N4O3S/c1-31-23-26-18(15-8-9-15)12-19(27-23)22(30)24-13-14-6-10-16(11-7-14)25-21(29)17-4-2-3-5-20(17)28/h2-7,10-12,15,28H,8-9,13H2,1H3,(H,24,30)(H,25,29). The Hall–Kier alpha value is -3.39. The molecule has 0 aliphatic heterocycles. The van der Waals surface area contributed by atoms with Gasteiger partial charge in [0.15, 0.2) is 5.16 Å². The van der Waals surface area contributed by atoms with Crippen LogP contribution in [0.4, 0.5) is 5.69 Å². The number of carbonyl (C=O) groups excluding carboxylic acids is 2. The molecule has 1 aliphatic carbocycles. The highest BCUT2D eigenvalue weighted by molar-refractivity contribution is 7.98. The Balaban J connectivity index is 1.36. The second-order valence-corrected chi connectivity index (χ2v) is 8.06. The van der Waals surface area contributed by atoms with Gasteiger partial charge >= 0.3 is 0 Å². The highest BCUT2D eigenvalue weighted by atomic mass is 32.2. The van der Waals surface area contributed by atoms with Crippen molar-refractivity contribution in [2.24, 2.45) is 0 Å². The number of carbonyl (C=O) groups is 2. The fourth-order valence-corrected chi connectivity index (χ4v) is 3.47. The number of rotatable bonds is 7. The third-order valence-corrected chi connectivity index (χ3v) is 5.50. The van der Waals surface area contributed by atoms with Crippen molar-refractivity contribution in [2.45, 2.75) is 30.5 Å². The van der Waals surface area contributed by atoms with E-state index in [1.54, 1.807) is 36.4 Å². The number of benzene rings is 2. The quantitative estimate of drug-likeness (QED) is 0.384. The molecule has 1 heterocycles. The monoisotopic (exact) mass is 434 g/mol. The van der Waals surface area contributed by atoms with Gasteiger partial charge in [0.25, 0.3) is 11.8 Å². The van der Waals surface area contributed by atoms with Gasteiger partial charge in [-0.2, -0.15) is 0 Å². The highest BCUT2D eigenvalue weighted by Gasteiger charge is 2.27. The number of thioether (sulfide) groups is 1. The maximum absolute atomic E-state index is 12.6. The van der Waals surface area contributed by atoms with Crippen LogP contribution >= 0.6 is 11.8 Å².